The van der Waals surface area contributed by atoms with Crippen LogP contribution in [0.3, 0.4) is 0 Å². The van der Waals surface area contributed by atoms with Crippen LogP contribution >= 0.6 is 11.3 Å². The first kappa shape index (κ1) is 4.65. The van der Waals surface area contributed by atoms with Crippen LogP contribution in [0.15, 0.2) is 11.4 Å². The van der Waals surface area contributed by atoms with Crippen LogP contribution in [0.2, 0.25) is 0 Å². The minimum Gasteiger partial charge on any atom is -0.390 e. The third-order valence-corrected chi connectivity index (χ3v) is 1.57. The van der Waals surface area contributed by atoms with Crippen molar-refractivity contribution in [1.29, 1.82) is 0 Å². The first-order chi connectivity index (χ1) is 3.30. The Morgan fingerprint density at radius 1 is 1.71 bits per heavy atom. The molecule has 1 aromatic rings. The van der Waals surface area contributed by atoms with Crippen LogP contribution in [0.5, 0.6) is 0 Å². The maximum Gasteiger partial charge on any atom is 0.0888 e. The minimum absolute atomic E-state index is 0.819. The number of thiophene rings is 1. The summed E-state index contributed by atoms with van der Waals surface area (Å²) >= 11 is 1.52. The van der Waals surface area contributed by atoms with Crippen LogP contribution in [0, 0.1) is 6.92 Å². The summed E-state index contributed by atoms with van der Waals surface area (Å²) in [6.07, 6.45) is 0. The average molecular weight is 112 g/mol. The monoisotopic (exact) mass is 112 g/mol. The Labute approximate surface area is 46.8 Å². The molecule has 0 aliphatic heterocycles. The SMILES string of the molecule is [CH2]c1ccsc1N. The highest BCUT2D eigenvalue weighted by Crippen LogP contribution is 2.16. The lowest BCUT2D eigenvalue weighted by atomic mass is 10.4. The van der Waals surface area contributed by atoms with Crippen molar-refractivity contribution in [2.45, 2.75) is 0 Å². The summed E-state index contributed by atoms with van der Waals surface area (Å²) < 4.78 is 0. The van der Waals surface area contributed by atoms with E-state index in [4.69, 9.17) is 5.73 Å². The van der Waals surface area contributed by atoms with E-state index in [1.807, 2.05) is 11.4 Å². The zero-order valence-corrected chi connectivity index (χ0v) is 4.66. The van der Waals surface area contributed by atoms with Crippen LogP contribution in [0.25, 0.3) is 0 Å². The summed E-state index contributed by atoms with van der Waals surface area (Å²) in [6.45, 7) is 3.67. The summed E-state index contributed by atoms with van der Waals surface area (Å²) in [5, 5.41) is 2.75. The molecular formula is C5H6NS. The lowest BCUT2D eigenvalue weighted by molar-refractivity contribution is 1.76. The topological polar surface area (TPSA) is 26.0 Å². The molecule has 1 nitrogen and oxygen atoms in total. The van der Waals surface area contributed by atoms with Gasteiger partial charge in [0.2, 0.25) is 0 Å². The summed E-state index contributed by atoms with van der Waals surface area (Å²) in [5.41, 5.74) is 6.33. The number of nitrogens with two attached hydrogens (primary N) is 1. The highest BCUT2D eigenvalue weighted by Gasteiger charge is 1.88. The van der Waals surface area contributed by atoms with E-state index in [1.54, 1.807) is 0 Å². The van der Waals surface area contributed by atoms with E-state index in [-0.39, 0.29) is 0 Å². The van der Waals surface area contributed by atoms with Crippen molar-refractivity contribution >= 4 is 16.3 Å². The zero-order chi connectivity index (χ0) is 5.28. The Morgan fingerprint density at radius 3 is 2.57 bits per heavy atom. The number of hydrogen-bond donors (Lipinski definition) is 1. The molecule has 0 aliphatic carbocycles. The molecule has 0 atom stereocenters. The first-order valence-corrected chi connectivity index (χ1v) is 2.83. The van der Waals surface area contributed by atoms with Gasteiger partial charge in [0, 0.05) is 0 Å². The summed E-state index contributed by atoms with van der Waals surface area (Å²) in [4.78, 5) is 0. The van der Waals surface area contributed by atoms with Crippen molar-refractivity contribution in [3.63, 3.8) is 0 Å². The van der Waals surface area contributed by atoms with E-state index < -0.39 is 0 Å². The van der Waals surface area contributed by atoms with Crippen molar-refractivity contribution in [1.82, 2.24) is 0 Å². The van der Waals surface area contributed by atoms with Gasteiger partial charge in [-0.1, -0.05) is 0 Å². The lowest BCUT2D eigenvalue weighted by Crippen LogP contribution is -1.78. The van der Waals surface area contributed by atoms with Gasteiger partial charge in [-0.2, -0.15) is 0 Å². The molecule has 7 heavy (non-hydrogen) atoms. The first-order valence-electron chi connectivity index (χ1n) is 1.95. The lowest BCUT2D eigenvalue weighted by Gasteiger charge is -1.80. The predicted octanol–water partition coefficient (Wildman–Crippen LogP) is 1.51. The molecule has 0 bridgehead atoms. The Balaban J connectivity index is 3.12. The van der Waals surface area contributed by atoms with Gasteiger partial charge in [0.25, 0.3) is 0 Å². The molecule has 0 amide bonds. The van der Waals surface area contributed by atoms with Crippen LogP contribution in [-0.2, 0) is 0 Å². The summed E-state index contributed by atoms with van der Waals surface area (Å²) in [5.74, 6) is 0. The molecule has 1 rings (SSSR count). The quantitative estimate of drug-likeness (QED) is 0.541. The van der Waals surface area contributed by atoms with Gasteiger partial charge in [-0.15, -0.1) is 11.3 Å². The fraction of sp³-hybridized carbons (Fsp3) is 0. The van der Waals surface area contributed by atoms with Gasteiger partial charge < -0.3 is 5.73 Å². The van der Waals surface area contributed by atoms with E-state index in [2.05, 4.69) is 6.92 Å². The molecule has 1 radical (unpaired) electrons. The predicted molar refractivity (Wildman–Crippen MR) is 33.2 cm³/mol. The van der Waals surface area contributed by atoms with Gasteiger partial charge in [-0.05, 0) is 23.9 Å². The third-order valence-electron chi connectivity index (χ3n) is 0.781. The second-order valence-electron chi connectivity index (χ2n) is 1.31. The highest BCUT2D eigenvalue weighted by atomic mass is 32.1. The fourth-order valence-electron chi connectivity index (χ4n) is 0.347. The van der Waals surface area contributed by atoms with Crippen molar-refractivity contribution in [3.05, 3.63) is 23.9 Å². The van der Waals surface area contributed by atoms with Crippen molar-refractivity contribution in [3.8, 4) is 0 Å². The molecule has 0 saturated heterocycles. The highest BCUT2D eigenvalue weighted by molar-refractivity contribution is 7.14. The normalized spacial score (nSPS) is 9.29. The smallest absolute Gasteiger partial charge is 0.0888 e. The van der Waals surface area contributed by atoms with Gasteiger partial charge in [-0.3, -0.25) is 0 Å². The molecular weight excluding hydrogens is 106 g/mol. The molecule has 0 unspecified atom stereocenters. The van der Waals surface area contributed by atoms with E-state index in [9.17, 15) is 0 Å². The second kappa shape index (κ2) is 1.54. The molecule has 0 aromatic carbocycles. The van der Waals surface area contributed by atoms with Gasteiger partial charge >= 0.3 is 0 Å². The number of anilines is 1. The Bertz CT molecular complexity index is 140. The zero-order valence-electron chi connectivity index (χ0n) is 3.85. The van der Waals surface area contributed by atoms with E-state index in [0.29, 0.717) is 0 Å². The number of rotatable bonds is 0. The van der Waals surface area contributed by atoms with Gasteiger partial charge in [0.15, 0.2) is 0 Å². The minimum atomic E-state index is 0.819. The van der Waals surface area contributed by atoms with Crippen LogP contribution in [-0.4, -0.2) is 0 Å². The van der Waals surface area contributed by atoms with Gasteiger partial charge in [0.1, 0.15) is 0 Å². The summed E-state index contributed by atoms with van der Waals surface area (Å²) in [7, 11) is 0. The molecule has 1 aromatic heterocycles. The largest absolute Gasteiger partial charge is 0.390 e. The Morgan fingerprint density at radius 2 is 2.43 bits per heavy atom. The molecule has 2 heteroatoms. The molecule has 0 fully saturated rings. The molecule has 1 heterocycles. The second-order valence-corrected chi connectivity index (χ2v) is 2.26. The van der Waals surface area contributed by atoms with E-state index in [1.165, 1.54) is 11.3 Å². The molecule has 0 spiro atoms. The van der Waals surface area contributed by atoms with Crippen molar-refractivity contribution in [2.24, 2.45) is 0 Å². The van der Waals surface area contributed by atoms with Crippen LogP contribution < -0.4 is 5.73 Å². The number of nitrogen functional groups attached to an aromatic ring is 1. The Hall–Kier alpha value is -0.500. The van der Waals surface area contributed by atoms with Crippen LogP contribution in [0.4, 0.5) is 5.00 Å². The summed E-state index contributed by atoms with van der Waals surface area (Å²) in [6, 6.07) is 1.90. The molecule has 0 aliphatic rings. The average Bonchev–Trinajstić information content (AvgIpc) is 1.91. The van der Waals surface area contributed by atoms with Gasteiger partial charge in [0.05, 0.1) is 5.00 Å². The maximum absolute atomic E-state index is 5.40. The molecule has 2 N–H and O–H groups in total. The van der Waals surface area contributed by atoms with Crippen molar-refractivity contribution < 1.29 is 0 Å². The third kappa shape index (κ3) is 0.747. The number of hydrogen-bond acceptors (Lipinski definition) is 2. The van der Waals surface area contributed by atoms with Crippen molar-refractivity contribution in [2.75, 3.05) is 5.73 Å². The molecule has 37 valence electrons. The van der Waals surface area contributed by atoms with Crippen LogP contribution in [0.1, 0.15) is 5.56 Å². The van der Waals surface area contributed by atoms with Gasteiger partial charge in [-0.25, -0.2) is 0 Å². The molecule has 0 saturated carbocycles. The maximum atomic E-state index is 5.40. The Kier molecular flexibility index (Phi) is 1.02. The van der Waals surface area contributed by atoms with E-state index in [0.717, 1.165) is 10.6 Å². The van der Waals surface area contributed by atoms with E-state index >= 15 is 0 Å². The standard InChI is InChI=1S/C5H6NS/c1-4-2-3-7-5(4)6/h2-3H,1,6H2. The fourth-order valence-corrected chi connectivity index (χ4v) is 0.946.